The highest BCUT2D eigenvalue weighted by molar-refractivity contribution is 6.31. The highest BCUT2D eigenvalue weighted by atomic mass is 35.5. The summed E-state index contributed by atoms with van der Waals surface area (Å²) < 4.78 is 0. The molecule has 0 spiro atoms. The molecule has 0 radical (unpaired) electrons. The molecule has 2 rings (SSSR count). The van der Waals surface area contributed by atoms with Gasteiger partial charge in [-0.05, 0) is 36.6 Å². The van der Waals surface area contributed by atoms with Gasteiger partial charge < -0.3 is 11.1 Å². The van der Waals surface area contributed by atoms with Gasteiger partial charge in [0.05, 0.1) is 6.42 Å². The van der Waals surface area contributed by atoms with Crippen LogP contribution < -0.4 is 11.1 Å². The number of hydrogen-bond acceptors (Lipinski definition) is 2. The molecule has 0 saturated carbocycles. The second-order valence-electron chi connectivity index (χ2n) is 4.01. The third-order valence-corrected chi connectivity index (χ3v) is 2.64. The van der Waals surface area contributed by atoms with Crippen molar-refractivity contribution in [3.05, 3.63) is 28.3 Å². The molecule has 4 heteroatoms. The van der Waals surface area contributed by atoms with Crippen molar-refractivity contribution < 1.29 is 4.79 Å². The number of benzene rings is 1. The maximum atomic E-state index is 11.3. The van der Waals surface area contributed by atoms with Gasteiger partial charge in [-0.1, -0.05) is 11.6 Å². The van der Waals surface area contributed by atoms with E-state index >= 15 is 0 Å². The van der Waals surface area contributed by atoms with Gasteiger partial charge in [0.15, 0.2) is 0 Å². The summed E-state index contributed by atoms with van der Waals surface area (Å²) in [5.74, 6) is 0.0261. The van der Waals surface area contributed by atoms with Crippen LogP contribution in [0.1, 0.15) is 18.1 Å². The maximum absolute atomic E-state index is 11.3. The largest absolute Gasteiger partial charge is 0.328 e. The van der Waals surface area contributed by atoms with Crippen LogP contribution in [0, 0.1) is 0 Å². The highest BCUT2D eigenvalue weighted by Crippen LogP contribution is 2.31. The molecular formula is C11H13ClN2O. The first-order chi connectivity index (χ1) is 7.06. The van der Waals surface area contributed by atoms with Crippen LogP contribution in [0.25, 0.3) is 0 Å². The van der Waals surface area contributed by atoms with E-state index in [0.717, 1.165) is 23.2 Å². The number of carbonyl (C=O) groups is 1. The van der Waals surface area contributed by atoms with Crippen molar-refractivity contribution in [3.63, 3.8) is 0 Å². The van der Waals surface area contributed by atoms with Crippen LogP contribution in [-0.2, 0) is 17.6 Å². The lowest BCUT2D eigenvalue weighted by Crippen LogP contribution is -2.18. The lowest BCUT2D eigenvalue weighted by atomic mass is 10.0. The van der Waals surface area contributed by atoms with E-state index in [0.29, 0.717) is 11.4 Å². The van der Waals surface area contributed by atoms with Gasteiger partial charge in [-0.15, -0.1) is 0 Å². The fourth-order valence-electron chi connectivity index (χ4n) is 1.89. The fourth-order valence-corrected chi connectivity index (χ4v) is 2.15. The van der Waals surface area contributed by atoms with Gasteiger partial charge in [-0.3, -0.25) is 4.79 Å². The van der Waals surface area contributed by atoms with Crippen LogP contribution in [0.3, 0.4) is 0 Å². The minimum Gasteiger partial charge on any atom is -0.328 e. The summed E-state index contributed by atoms with van der Waals surface area (Å²) in [5, 5.41) is 3.51. The van der Waals surface area contributed by atoms with E-state index in [9.17, 15) is 4.79 Å². The first-order valence-corrected chi connectivity index (χ1v) is 5.31. The van der Waals surface area contributed by atoms with Gasteiger partial charge in [0.25, 0.3) is 0 Å². The number of halogens is 1. The summed E-state index contributed by atoms with van der Waals surface area (Å²) in [4.78, 5) is 11.3. The zero-order valence-electron chi connectivity index (χ0n) is 8.51. The Morgan fingerprint density at radius 3 is 3.00 bits per heavy atom. The number of amides is 1. The van der Waals surface area contributed by atoms with Crippen LogP contribution >= 0.6 is 11.6 Å². The van der Waals surface area contributed by atoms with Crippen molar-refractivity contribution in [2.45, 2.75) is 25.8 Å². The summed E-state index contributed by atoms with van der Waals surface area (Å²) in [6, 6.07) is 3.76. The number of nitrogens with one attached hydrogen (secondary N) is 1. The molecule has 1 aliphatic rings. The Kier molecular flexibility index (Phi) is 2.67. The number of nitrogens with two attached hydrogens (primary N) is 1. The Morgan fingerprint density at radius 1 is 1.60 bits per heavy atom. The number of hydrogen-bond donors (Lipinski definition) is 2. The molecule has 15 heavy (non-hydrogen) atoms. The van der Waals surface area contributed by atoms with E-state index in [-0.39, 0.29) is 11.9 Å². The second kappa shape index (κ2) is 3.83. The lowest BCUT2D eigenvalue weighted by molar-refractivity contribution is -0.115. The molecule has 0 aromatic heterocycles. The number of anilines is 1. The van der Waals surface area contributed by atoms with E-state index in [1.807, 2.05) is 19.1 Å². The molecule has 1 aromatic rings. The van der Waals surface area contributed by atoms with E-state index < -0.39 is 0 Å². The van der Waals surface area contributed by atoms with E-state index in [1.165, 1.54) is 0 Å². The maximum Gasteiger partial charge on any atom is 0.228 e. The van der Waals surface area contributed by atoms with Gasteiger partial charge >= 0.3 is 0 Å². The minimum absolute atomic E-state index is 0.0261. The first kappa shape index (κ1) is 10.5. The molecule has 0 aliphatic carbocycles. The normalized spacial score (nSPS) is 16.1. The summed E-state index contributed by atoms with van der Waals surface area (Å²) >= 11 is 5.98. The summed E-state index contributed by atoms with van der Waals surface area (Å²) in [6.07, 6.45) is 1.14. The Labute approximate surface area is 93.6 Å². The molecule has 0 fully saturated rings. The van der Waals surface area contributed by atoms with Gasteiger partial charge in [-0.2, -0.15) is 0 Å². The van der Waals surface area contributed by atoms with E-state index in [2.05, 4.69) is 5.32 Å². The van der Waals surface area contributed by atoms with Crippen molar-refractivity contribution in [1.82, 2.24) is 0 Å². The molecule has 1 atom stereocenters. The average Bonchev–Trinajstić information content (AvgIpc) is 2.44. The molecule has 1 aromatic carbocycles. The summed E-state index contributed by atoms with van der Waals surface area (Å²) in [7, 11) is 0. The number of fused-ring (bicyclic) bond motifs is 1. The molecule has 1 aliphatic heterocycles. The van der Waals surface area contributed by atoms with Crippen molar-refractivity contribution >= 4 is 23.2 Å². The van der Waals surface area contributed by atoms with Crippen molar-refractivity contribution in [2.24, 2.45) is 5.73 Å². The topological polar surface area (TPSA) is 55.1 Å². The van der Waals surface area contributed by atoms with Gasteiger partial charge in [0.2, 0.25) is 5.91 Å². The number of carbonyl (C=O) groups excluding carboxylic acids is 1. The van der Waals surface area contributed by atoms with Gasteiger partial charge in [0, 0.05) is 16.8 Å². The standard InChI is InChI=1S/C11H13ClN2O/c1-6(13)2-7-3-9(12)4-8-5-10(15)14-11(7)8/h3-4,6H,2,5,13H2,1H3,(H,14,15). The Hall–Kier alpha value is -1.06. The molecule has 0 bridgehead atoms. The minimum atomic E-state index is 0.0261. The van der Waals surface area contributed by atoms with Gasteiger partial charge in [-0.25, -0.2) is 0 Å². The Balaban J connectivity index is 2.42. The lowest BCUT2D eigenvalue weighted by Gasteiger charge is -2.11. The molecule has 1 unspecified atom stereocenters. The van der Waals surface area contributed by atoms with E-state index in [4.69, 9.17) is 17.3 Å². The molecule has 3 N–H and O–H groups in total. The zero-order valence-corrected chi connectivity index (χ0v) is 9.27. The molecular weight excluding hydrogens is 212 g/mol. The first-order valence-electron chi connectivity index (χ1n) is 4.93. The fraction of sp³-hybridized carbons (Fsp3) is 0.364. The second-order valence-corrected chi connectivity index (χ2v) is 4.44. The average molecular weight is 225 g/mol. The smallest absolute Gasteiger partial charge is 0.228 e. The SMILES string of the molecule is CC(N)Cc1cc(Cl)cc2c1NC(=O)C2. The van der Waals surface area contributed by atoms with Crippen molar-refractivity contribution in [3.8, 4) is 0 Å². The van der Waals surface area contributed by atoms with Crippen LogP contribution in [0.2, 0.25) is 5.02 Å². The predicted molar refractivity (Wildman–Crippen MR) is 61.1 cm³/mol. The number of rotatable bonds is 2. The highest BCUT2D eigenvalue weighted by Gasteiger charge is 2.21. The van der Waals surface area contributed by atoms with E-state index in [1.54, 1.807) is 0 Å². The van der Waals surface area contributed by atoms with Gasteiger partial charge in [0.1, 0.15) is 0 Å². The van der Waals surface area contributed by atoms with Crippen LogP contribution in [0.5, 0.6) is 0 Å². The molecule has 80 valence electrons. The third kappa shape index (κ3) is 2.13. The zero-order chi connectivity index (χ0) is 11.0. The summed E-state index contributed by atoms with van der Waals surface area (Å²) in [5.41, 5.74) is 8.65. The molecule has 0 saturated heterocycles. The molecule has 3 nitrogen and oxygen atoms in total. The Morgan fingerprint density at radius 2 is 2.33 bits per heavy atom. The molecule has 1 heterocycles. The quantitative estimate of drug-likeness (QED) is 0.804. The third-order valence-electron chi connectivity index (χ3n) is 2.42. The Bertz CT molecular complexity index is 415. The van der Waals surface area contributed by atoms with Crippen molar-refractivity contribution in [1.29, 1.82) is 0 Å². The summed E-state index contributed by atoms with van der Waals surface area (Å²) in [6.45, 7) is 1.93. The van der Waals surface area contributed by atoms with Crippen LogP contribution in [0.4, 0.5) is 5.69 Å². The predicted octanol–water partition coefficient (Wildman–Crippen LogP) is 1.72. The molecule has 1 amide bonds. The van der Waals surface area contributed by atoms with Crippen LogP contribution in [-0.4, -0.2) is 11.9 Å². The van der Waals surface area contributed by atoms with Crippen LogP contribution in [0.15, 0.2) is 12.1 Å². The van der Waals surface area contributed by atoms with Crippen molar-refractivity contribution in [2.75, 3.05) is 5.32 Å². The monoisotopic (exact) mass is 224 g/mol.